The molecule has 7 nitrogen and oxygen atoms in total. The van der Waals surface area contributed by atoms with Gasteiger partial charge in [0.25, 0.3) is 0 Å². The Balaban J connectivity index is 4.32. The molecule has 0 saturated carbocycles. The first-order chi connectivity index (χ1) is 30.4. The van der Waals surface area contributed by atoms with Crippen molar-refractivity contribution in [1.29, 1.82) is 0 Å². The van der Waals surface area contributed by atoms with Gasteiger partial charge in [0, 0.05) is 12.8 Å². The minimum atomic E-state index is -1.01. The van der Waals surface area contributed by atoms with Crippen LogP contribution in [-0.2, 0) is 19.1 Å². The molecule has 0 heterocycles. The van der Waals surface area contributed by atoms with Crippen LogP contribution in [0.4, 0.5) is 0 Å². The summed E-state index contributed by atoms with van der Waals surface area (Å²) in [4.78, 5) is 36.6. The predicted octanol–water partition coefficient (Wildman–Crippen LogP) is 15.5. The van der Waals surface area contributed by atoms with Gasteiger partial charge in [-0.05, 0) is 109 Å². The fourth-order valence-corrected chi connectivity index (χ4v) is 7.46. The number of nitrogens with one attached hydrogen (secondary N) is 1. The van der Waals surface area contributed by atoms with E-state index in [0.29, 0.717) is 32.2 Å². The topological polar surface area (TPSA) is 119 Å². The number of rotatable bonds is 46. The van der Waals surface area contributed by atoms with Crippen molar-refractivity contribution in [3.05, 3.63) is 72.9 Å². The Morgan fingerprint density at radius 1 is 0.484 bits per heavy atom. The molecule has 0 fully saturated rings. The lowest BCUT2D eigenvalue weighted by atomic mass is 10.0. The summed E-state index contributed by atoms with van der Waals surface area (Å²) >= 11 is 0. The highest BCUT2D eigenvalue weighted by Gasteiger charge is 2.19. The maximum absolute atomic E-state index is 12.9. The molecule has 0 aromatic rings. The molecule has 0 aromatic heterocycles. The summed E-state index contributed by atoms with van der Waals surface area (Å²) < 4.78 is 6.07. The van der Waals surface area contributed by atoms with Gasteiger partial charge in [-0.2, -0.15) is 0 Å². The number of hydrogen-bond donors (Lipinski definition) is 3. The molecule has 2 unspecified atom stereocenters. The number of aliphatic carboxylic acids is 1. The van der Waals surface area contributed by atoms with Crippen LogP contribution >= 0.6 is 0 Å². The van der Waals surface area contributed by atoms with E-state index >= 15 is 0 Å². The third-order valence-electron chi connectivity index (χ3n) is 11.3. The molecule has 0 aromatic carbocycles. The van der Waals surface area contributed by atoms with Gasteiger partial charge in [-0.15, -0.1) is 0 Å². The van der Waals surface area contributed by atoms with Gasteiger partial charge in [-0.3, -0.25) is 9.59 Å². The standard InChI is InChI=1S/C55H96N2O5/c1-3-5-7-9-11-13-15-17-18-19-20-21-22-23-24-25-26-28-30-32-34-39-43-49-54(59)62-51(45-40-36-33-31-29-27-16-14-12-10-8-6-4-2)46-41-37-35-38-42-48-53(58)57-52(55(60)61)47-44-50-56/h5,7,11,13,17-18,20-21,23-24,26,28,51-52H,3-4,6,8-10,12,14-16,19,22,25,27,29-50,56H2,1-2H3,(H,57,58)(H,60,61)/b7-5-,13-11-,18-17-,21-20-,24-23-,28-26-. The second-order valence-corrected chi connectivity index (χ2v) is 17.2. The van der Waals surface area contributed by atoms with E-state index in [4.69, 9.17) is 10.5 Å². The second kappa shape index (κ2) is 48.8. The number of carbonyl (C=O) groups excluding carboxylic acids is 2. The van der Waals surface area contributed by atoms with E-state index in [2.05, 4.69) is 92.1 Å². The Labute approximate surface area is 382 Å². The van der Waals surface area contributed by atoms with Gasteiger partial charge in [0.1, 0.15) is 12.1 Å². The molecule has 0 bridgehead atoms. The maximum Gasteiger partial charge on any atom is 0.326 e. The van der Waals surface area contributed by atoms with Gasteiger partial charge in [-0.25, -0.2) is 4.79 Å². The van der Waals surface area contributed by atoms with Gasteiger partial charge < -0.3 is 20.9 Å². The van der Waals surface area contributed by atoms with Crippen LogP contribution in [0.15, 0.2) is 72.9 Å². The van der Waals surface area contributed by atoms with Crippen molar-refractivity contribution < 1.29 is 24.2 Å². The molecule has 0 aliphatic rings. The van der Waals surface area contributed by atoms with Gasteiger partial charge in [0.15, 0.2) is 0 Å². The SMILES string of the molecule is CC/C=C\C/C=C\C/C=C\C/C=C\C/C=C\C/C=C\CCCCCCC(=O)OC(CCCCCCCCCCCCCCC)CCCCCCCC(=O)NC(CCCN)C(=O)O. The zero-order chi connectivity index (χ0) is 45.2. The first-order valence-electron chi connectivity index (χ1n) is 25.8. The summed E-state index contributed by atoms with van der Waals surface area (Å²) in [6.45, 7) is 4.84. The number of nitrogens with two attached hydrogens (primary N) is 1. The number of hydrogen-bond acceptors (Lipinski definition) is 5. The first kappa shape index (κ1) is 58.8. The summed E-state index contributed by atoms with van der Waals surface area (Å²) in [6.07, 6.45) is 63.8. The number of carbonyl (C=O) groups is 3. The smallest absolute Gasteiger partial charge is 0.326 e. The van der Waals surface area contributed by atoms with Crippen LogP contribution in [0.25, 0.3) is 0 Å². The lowest BCUT2D eigenvalue weighted by Gasteiger charge is -2.18. The summed E-state index contributed by atoms with van der Waals surface area (Å²) in [7, 11) is 0. The van der Waals surface area contributed by atoms with E-state index in [9.17, 15) is 19.5 Å². The van der Waals surface area contributed by atoms with E-state index in [1.807, 2.05) is 0 Å². The highest BCUT2D eigenvalue weighted by Crippen LogP contribution is 2.19. The fourth-order valence-electron chi connectivity index (χ4n) is 7.46. The van der Waals surface area contributed by atoms with E-state index in [-0.39, 0.29) is 18.0 Å². The molecule has 0 aliphatic heterocycles. The lowest BCUT2D eigenvalue weighted by molar-refractivity contribution is -0.150. The average molecular weight is 865 g/mol. The first-order valence-corrected chi connectivity index (χ1v) is 25.8. The van der Waals surface area contributed by atoms with Crippen LogP contribution in [0.1, 0.15) is 239 Å². The number of carboxylic acid groups (broad SMARTS) is 1. The molecule has 0 saturated heterocycles. The van der Waals surface area contributed by atoms with Crippen molar-refractivity contribution in [2.75, 3.05) is 6.54 Å². The minimum Gasteiger partial charge on any atom is -0.480 e. The molecule has 0 radical (unpaired) electrons. The molecular formula is C55H96N2O5. The highest BCUT2D eigenvalue weighted by molar-refractivity contribution is 5.83. The Hall–Kier alpha value is -3.19. The van der Waals surface area contributed by atoms with Crippen molar-refractivity contribution in [1.82, 2.24) is 5.32 Å². The van der Waals surface area contributed by atoms with Crippen molar-refractivity contribution in [3.8, 4) is 0 Å². The number of carboxylic acids is 1. The van der Waals surface area contributed by atoms with E-state index in [1.165, 1.54) is 77.0 Å². The number of allylic oxidation sites excluding steroid dienone is 12. The quantitative estimate of drug-likeness (QED) is 0.0319. The Morgan fingerprint density at radius 3 is 1.34 bits per heavy atom. The number of unbranched alkanes of at least 4 members (excludes halogenated alkanes) is 20. The number of ether oxygens (including phenoxy) is 1. The molecule has 62 heavy (non-hydrogen) atoms. The van der Waals surface area contributed by atoms with Crippen molar-refractivity contribution in [3.63, 3.8) is 0 Å². The molecule has 2 atom stereocenters. The van der Waals surface area contributed by atoms with Gasteiger partial charge in [0.2, 0.25) is 5.91 Å². The normalized spacial score (nSPS) is 13.2. The largest absolute Gasteiger partial charge is 0.480 e. The van der Waals surface area contributed by atoms with Crippen LogP contribution in [0.2, 0.25) is 0 Å². The molecule has 0 spiro atoms. The van der Waals surface area contributed by atoms with Crippen molar-refractivity contribution >= 4 is 17.8 Å². The van der Waals surface area contributed by atoms with E-state index < -0.39 is 12.0 Å². The molecule has 1 amide bonds. The zero-order valence-electron chi connectivity index (χ0n) is 40.2. The lowest BCUT2D eigenvalue weighted by Crippen LogP contribution is -2.40. The summed E-state index contributed by atoms with van der Waals surface area (Å²) in [5.74, 6) is -1.25. The van der Waals surface area contributed by atoms with Crippen LogP contribution in [0.3, 0.4) is 0 Å². The van der Waals surface area contributed by atoms with E-state index in [0.717, 1.165) is 122 Å². The Kier molecular flexibility index (Phi) is 46.3. The third-order valence-corrected chi connectivity index (χ3v) is 11.3. The molecular weight excluding hydrogens is 769 g/mol. The van der Waals surface area contributed by atoms with E-state index in [1.54, 1.807) is 0 Å². The summed E-state index contributed by atoms with van der Waals surface area (Å²) in [5.41, 5.74) is 5.50. The Bertz CT molecular complexity index is 1200. The summed E-state index contributed by atoms with van der Waals surface area (Å²) in [5, 5.41) is 12.0. The molecule has 356 valence electrons. The van der Waals surface area contributed by atoms with Gasteiger partial charge in [-0.1, -0.05) is 196 Å². The van der Waals surface area contributed by atoms with Crippen LogP contribution < -0.4 is 11.1 Å². The zero-order valence-corrected chi connectivity index (χ0v) is 40.2. The Morgan fingerprint density at radius 2 is 0.887 bits per heavy atom. The van der Waals surface area contributed by atoms with Gasteiger partial charge >= 0.3 is 11.9 Å². The second-order valence-electron chi connectivity index (χ2n) is 17.2. The number of esters is 1. The molecule has 7 heteroatoms. The summed E-state index contributed by atoms with van der Waals surface area (Å²) in [6, 6.07) is -0.861. The molecule has 0 rings (SSSR count). The van der Waals surface area contributed by atoms with Crippen molar-refractivity contribution in [2.24, 2.45) is 5.73 Å². The fraction of sp³-hybridized carbons (Fsp3) is 0.727. The maximum atomic E-state index is 12.9. The number of amides is 1. The third kappa shape index (κ3) is 44.9. The monoisotopic (exact) mass is 865 g/mol. The van der Waals surface area contributed by atoms with Gasteiger partial charge in [0.05, 0.1) is 0 Å². The van der Waals surface area contributed by atoms with Crippen LogP contribution in [0.5, 0.6) is 0 Å². The van der Waals surface area contributed by atoms with Crippen LogP contribution in [-0.4, -0.2) is 41.6 Å². The molecule has 4 N–H and O–H groups in total. The molecule has 0 aliphatic carbocycles. The van der Waals surface area contributed by atoms with Crippen LogP contribution in [0, 0.1) is 0 Å². The average Bonchev–Trinajstić information content (AvgIpc) is 3.26. The predicted molar refractivity (Wildman–Crippen MR) is 266 cm³/mol. The highest BCUT2D eigenvalue weighted by atomic mass is 16.5. The minimum absolute atomic E-state index is 0.00411. The van der Waals surface area contributed by atoms with Crippen molar-refractivity contribution in [2.45, 2.75) is 251 Å².